The number of phenols is 1. The number of aromatic hydroxyl groups is 1. The molecule has 2 aromatic rings. The molecule has 0 aliphatic carbocycles. The smallest absolute Gasteiger partial charge is 0.326 e. The zero-order valence-corrected chi connectivity index (χ0v) is 23.3. The fourth-order valence-corrected chi connectivity index (χ4v) is 4.84. The normalized spacial score (nSPS) is 16.6. The molecule has 13 heteroatoms. The molecule has 1 aliphatic rings. The Labute approximate surface area is 244 Å². The molecule has 0 bridgehead atoms. The lowest BCUT2D eigenvalue weighted by Crippen LogP contribution is -2.57. The zero-order valence-electron chi connectivity index (χ0n) is 23.3. The Hall–Kier alpha value is -4.65. The highest BCUT2D eigenvalue weighted by Gasteiger charge is 2.39. The van der Waals surface area contributed by atoms with Gasteiger partial charge < -0.3 is 42.9 Å². The number of rotatable bonds is 14. The van der Waals surface area contributed by atoms with Gasteiger partial charge in [0.2, 0.25) is 17.7 Å². The first-order valence-corrected chi connectivity index (χ1v) is 13.8. The molecule has 0 spiro atoms. The molecule has 3 amide bonds. The summed E-state index contributed by atoms with van der Waals surface area (Å²) in [5.41, 5.74) is 18.3. The lowest BCUT2D eigenvalue weighted by Gasteiger charge is -2.30. The molecule has 1 saturated heterocycles. The van der Waals surface area contributed by atoms with Crippen molar-refractivity contribution in [3.05, 3.63) is 65.7 Å². The predicted molar refractivity (Wildman–Crippen MR) is 156 cm³/mol. The number of aliphatic imine (C=N–C) groups is 1. The molecule has 42 heavy (non-hydrogen) atoms. The molecule has 10 N–H and O–H groups in total. The molecular weight excluding hydrogens is 542 g/mol. The minimum absolute atomic E-state index is 0.0927. The zero-order chi connectivity index (χ0) is 30.6. The van der Waals surface area contributed by atoms with Crippen molar-refractivity contribution in [3.8, 4) is 5.75 Å². The quantitative estimate of drug-likeness (QED) is 0.0874. The molecule has 3 rings (SSSR count). The van der Waals surface area contributed by atoms with E-state index >= 15 is 0 Å². The van der Waals surface area contributed by atoms with Gasteiger partial charge in [-0.05, 0) is 55.4 Å². The van der Waals surface area contributed by atoms with Crippen molar-refractivity contribution >= 4 is 29.7 Å². The van der Waals surface area contributed by atoms with Crippen molar-refractivity contribution < 1.29 is 29.4 Å². The summed E-state index contributed by atoms with van der Waals surface area (Å²) in [4.78, 5) is 57.1. The van der Waals surface area contributed by atoms with Crippen LogP contribution in [-0.2, 0) is 32.0 Å². The summed E-state index contributed by atoms with van der Waals surface area (Å²) in [7, 11) is 0. The van der Waals surface area contributed by atoms with E-state index in [1.807, 2.05) is 30.3 Å². The van der Waals surface area contributed by atoms with Crippen LogP contribution < -0.4 is 27.8 Å². The maximum absolute atomic E-state index is 13.8. The Balaban J connectivity index is 1.71. The molecule has 13 nitrogen and oxygen atoms in total. The van der Waals surface area contributed by atoms with Gasteiger partial charge in [0, 0.05) is 19.5 Å². The van der Waals surface area contributed by atoms with Gasteiger partial charge in [-0.3, -0.25) is 19.4 Å². The number of aliphatic carboxylic acids is 1. The lowest BCUT2D eigenvalue weighted by atomic mass is 10.0. The highest BCUT2D eigenvalue weighted by atomic mass is 16.4. The van der Waals surface area contributed by atoms with E-state index in [4.69, 9.17) is 17.2 Å². The first-order chi connectivity index (χ1) is 20.0. The molecule has 0 aromatic heterocycles. The van der Waals surface area contributed by atoms with E-state index in [0.717, 1.165) is 11.1 Å². The Morgan fingerprint density at radius 1 is 0.952 bits per heavy atom. The number of benzene rings is 2. The second-order valence-corrected chi connectivity index (χ2v) is 10.3. The van der Waals surface area contributed by atoms with Crippen LogP contribution in [-0.4, -0.2) is 82.0 Å². The molecule has 1 fully saturated rings. The van der Waals surface area contributed by atoms with Gasteiger partial charge in [0.15, 0.2) is 5.96 Å². The summed E-state index contributed by atoms with van der Waals surface area (Å²) in [6.45, 7) is 0.492. The highest BCUT2D eigenvalue weighted by molar-refractivity contribution is 5.94. The summed E-state index contributed by atoms with van der Waals surface area (Å²) in [5.74, 6) is -2.80. The number of carbonyl (C=O) groups is 4. The number of carboxylic acid groups (broad SMARTS) is 1. The largest absolute Gasteiger partial charge is 0.508 e. The number of carboxylic acids is 1. The van der Waals surface area contributed by atoms with Crippen LogP contribution >= 0.6 is 0 Å². The van der Waals surface area contributed by atoms with Crippen LogP contribution in [0, 0.1) is 0 Å². The SMILES string of the molecule is NC(N)=NCCCC(NC(=O)C1CCCN1C(=O)C(Cc1ccccc1)NC(=O)C(N)Cc1ccc(O)cc1)C(=O)O. The maximum atomic E-state index is 13.8. The highest BCUT2D eigenvalue weighted by Crippen LogP contribution is 2.21. The molecule has 0 radical (unpaired) electrons. The van der Waals surface area contributed by atoms with E-state index in [0.29, 0.717) is 19.3 Å². The van der Waals surface area contributed by atoms with Gasteiger partial charge in [-0.15, -0.1) is 0 Å². The average Bonchev–Trinajstić information content (AvgIpc) is 3.45. The van der Waals surface area contributed by atoms with Gasteiger partial charge in [-0.25, -0.2) is 4.79 Å². The summed E-state index contributed by atoms with van der Waals surface area (Å²) >= 11 is 0. The number of hydrogen-bond acceptors (Lipinski definition) is 7. The van der Waals surface area contributed by atoms with E-state index in [1.54, 1.807) is 12.1 Å². The third-order valence-corrected chi connectivity index (χ3v) is 7.02. The number of amides is 3. The lowest BCUT2D eigenvalue weighted by molar-refractivity contribution is -0.145. The fraction of sp³-hybridized carbons (Fsp3) is 0.414. The van der Waals surface area contributed by atoms with Crippen molar-refractivity contribution in [2.24, 2.45) is 22.2 Å². The van der Waals surface area contributed by atoms with Crippen molar-refractivity contribution in [1.82, 2.24) is 15.5 Å². The average molecular weight is 582 g/mol. The number of nitrogens with zero attached hydrogens (tertiary/aromatic N) is 2. The Kier molecular flexibility index (Phi) is 11.7. The standard InChI is InChI=1S/C29H39N7O6/c30-21(16-19-10-12-20(37)13-11-19)25(38)35-23(17-18-6-2-1-3-7-18)27(40)36-15-5-9-24(36)26(39)34-22(28(41)42)8-4-14-33-29(31)32/h1-3,6-7,10-13,21-24,37H,4-5,8-9,14-17,30H2,(H,34,39)(H,35,38)(H,41,42)(H4,31,32,33). The van der Waals surface area contributed by atoms with Crippen LogP contribution in [0.1, 0.15) is 36.8 Å². The monoisotopic (exact) mass is 581 g/mol. The molecule has 2 aromatic carbocycles. The summed E-state index contributed by atoms with van der Waals surface area (Å²) in [5, 5.41) is 24.4. The number of nitrogens with one attached hydrogen (secondary N) is 2. The van der Waals surface area contributed by atoms with Crippen LogP contribution in [0.25, 0.3) is 0 Å². The van der Waals surface area contributed by atoms with Crippen molar-refractivity contribution in [2.45, 2.75) is 62.7 Å². The number of nitrogens with two attached hydrogens (primary N) is 3. The number of likely N-dealkylation sites (tertiary alicyclic amines) is 1. The first kappa shape index (κ1) is 31.9. The second-order valence-electron chi connectivity index (χ2n) is 10.3. The van der Waals surface area contributed by atoms with E-state index in [-0.39, 0.29) is 44.1 Å². The molecule has 226 valence electrons. The fourth-order valence-electron chi connectivity index (χ4n) is 4.84. The van der Waals surface area contributed by atoms with Gasteiger partial charge in [0.25, 0.3) is 0 Å². The molecule has 0 saturated carbocycles. The third kappa shape index (κ3) is 9.47. The van der Waals surface area contributed by atoms with E-state index in [9.17, 15) is 29.4 Å². The van der Waals surface area contributed by atoms with Crippen LogP contribution in [0.5, 0.6) is 5.75 Å². The van der Waals surface area contributed by atoms with Gasteiger partial charge in [0.05, 0.1) is 6.04 Å². The molecular formula is C29H39N7O6. The van der Waals surface area contributed by atoms with Crippen LogP contribution in [0.3, 0.4) is 0 Å². The van der Waals surface area contributed by atoms with E-state index in [1.165, 1.54) is 17.0 Å². The molecule has 4 unspecified atom stereocenters. The van der Waals surface area contributed by atoms with Gasteiger partial charge in [0.1, 0.15) is 23.9 Å². The number of phenolic OH excluding ortho intramolecular Hbond substituents is 1. The summed E-state index contributed by atoms with van der Waals surface area (Å²) in [6.07, 6.45) is 1.68. The van der Waals surface area contributed by atoms with Gasteiger partial charge in [-0.2, -0.15) is 0 Å². The summed E-state index contributed by atoms with van der Waals surface area (Å²) in [6, 6.07) is 11.4. The minimum Gasteiger partial charge on any atom is -0.508 e. The van der Waals surface area contributed by atoms with Crippen molar-refractivity contribution in [1.29, 1.82) is 0 Å². The Morgan fingerprint density at radius 2 is 1.62 bits per heavy atom. The van der Waals surface area contributed by atoms with Crippen LogP contribution in [0.2, 0.25) is 0 Å². The minimum atomic E-state index is -1.21. The third-order valence-electron chi connectivity index (χ3n) is 7.02. The van der Waals surface area contributed by atoms with Crippen molar-refractivity contribution in [3.63, 3.8) is 0 Å². The first-order valence-electron chi connectivity index (χ1n) is 13.8. The van der Waals surface area contributed by atoms with Crippen molar-refractivity contribution in [2.75, 3.05) is 13.1 Å². The summed E-state index contributed by atoms with van der Waals surface area (Å²) < 4.78 is 0. The topological polar surface area (TPSA) is 226 Å². The van der Waals surface area contributed by atoms with Crippen LogP contribution in [0.4, 0.5) is 0 Å². The maximum Gasteiger partial charge on any atom is 0.326 e. The number of carbonyl (C=O) groups excluding carboxylic acids is 3. The van der Waals surface area contributed by atoms with E-state index < -0.39 is 47.9 Å². The molecule has 1 aliphatic heterocycles. The van der Waals surface area contributed by atoms with Crippen LogP contribution in [0.15, 0.2) is 59.6 Å². The van der Waals surface area contributed by atoms with E-state index in [2.05, 4.69) is 15.6 Å². The molecule has 4 atom stereocenters. The number of hydrogen-bond donors (Lipinski definition) is 7. The Morgan fingerprint density at radius 3 is 2.26 bits per heavy atom. The second kappa shape index (κ2) is 15.4. The molecule has 1 heterocycles. The Bertz CT molecular complexity index is 1250. The predicted octanol–water partition coefficient (Wildman–Crippen LogP) is -0.396. The van der Waals surface area contributed by atoms with Gasteiger partial charge >= 0.3 is 5.97 Å². The van der Waals surface area contributed by atoms with Gasteiger partial charge in [-0.1, -0.05) is 42.5 Å². The number of guanidine groups is 1.